The molecule has 0 bridgehead atoms. The van der Waals surface area contributed by atoms with Crippen LogP contribution >= 0.6 is 0 Å². The minimum absolute atomic E-state index is 0.0910. The molecule has 1 aromatic carbocycles. The molecule has 3 aromatic rings. The van der Waals surface area contributed by atoms with Crippen molar-refractivity contribution in [1.82, 2.24) is 9.97 Å². The molecular formula is C21H18F5N3. The fraction of sp³-hybridized carbons (Fsp3) is 0.333. The van der Waals surface area contributed by atoms with Gasteiger partial charge in [0.1, 0.15) is 5.82 Å². The van der Waals surface area contributed by atoms with Gasteiger partial charge < -0.3 is 5.32 Å². The molecule has 2 aromatic heterocycles. The summed E-state index contributed by atoms with van der Waals surface area (Å²) in [6.45, 7) is 1.64. The molecular weight excluding hydrogens is 389 g/mol. The summed E-state index contributed by atoms with van der Waals surface area (Å²) in [5.41, 5.74) is -0.446. The third-order valence-corrected chi connectivity index (χ3v) is 5.48. The van der Waals surface area contributed by atoms with Crippen LogP contribution in [0, 0.1) is 5.82 Å². The monoisotopic (exact) mass is 407 g/mol. The molecule has 1 saturated carbocycles. The number of hydrogen-bond acceptors (Lipinski definition) is 3. The third-order valence-electron chi connectivity index (χ3n) is 5.48. The molecule has 1 N–H and O–H groups in total. The maximum atomic E-state index is 14.5. The molecule has 8 heteroatoms. The van der Waals surface area contributed by atoms with Gasteiger partial charge in [0.25, 0.3) is 6.43 Å². The molecule has 1 atom stereocenters. The maximum absolute atomic E-state index is 14.5. The first-order valence-corrected chi connectivity index (χ1v) is 9.20. The number of aromatic nitrogens is 2. The molecule has 0 spiro atoms. The highest BCUT2D eigenvalue weighted by atomic mass is 19.3. The minimum Gasteiger partial charge on any atom is -0.378 e. The lowest BCUT2D eigenvalue weighted by atomic mass is 10.00. The van der Waals surface area contributed by atoms with Crippen LogP contribution in [-0.4, -0.2) is 16.4 Å². The van der Waals surface area contributed by atoms with Crippen molar-refractivity contribution < 1.29 is 22.0 Å². The Bertz CT molecular complexity index is 1050. The summed E-state index contributed by atoms with van der Waals surface area (Å²) in [5, 5.41) is 3.67. The van der Waals surface area contributed by atoms with E-state index in [1.165, 1.54) is 24.5 Å². The van der Waals surface area contributed by atoms with Gasteiger partial charge >= 0.3 is 0 Å². The topological polar surface area (TPSA) is 37.8 Å². The predicted molar refractivity (Wildman–Crippen MR) is 99.8 cm³/mol. The van der Waals surface area contributed by atoms with Crippen LogP contribution in [0.3, 0.4) is 0 Å². The van der Waals surface area contributed by atoms with E-state index in [0.717, 1.165) is 6.07 Å². The highest BCUT2D eigenvalue weighted by Gasteiger charge is 2.53. The van der Waals surface area contributed by atoms with Gasteiger partial charge in [-0.05, 0) is 31.9 Å². The Morgan fingerprint density at radius 2 is 1.76 bits per heavy atom. The molecule has 0 amide bonds. The zero-order valence-corrected chi connectivity index (χ0v) is 15.5. The van der Waals surface area contributed by atoms with Crippen molar-refractivity contribution in [3.05, 3.63) is 65.4 Å². The van der Waals surface area contributed by atoms with E-state index in [0.29, 0.717) is 35.1 Å². The van der Waals surface area contributed by atoms with Crippen LogP contribution in [0.1, 0.15) is 49.1 Å². The SMILES string of the molecule is C[C@@H](Nc1ccnc2cnc(C3(C(F)F)CC3)cc12)c1cccc(C(F)F)c1F. The number of pyridine rings is 2. The Kier molecular flexibility index (Phi) is 4.88. The van der Waals surface area contributed by atoms with Crippen LogP contribution in [0.4, 0.5) is 27.6 Å². The summed E-state index contributed by atoms with van der Waals surface area (Å²) < 4.78 is 67.4. The molecule has 3 nitrogen and oxygen atoms in total. The van der Waals surface area contributed by atoms with Crippen LogP contribution in [0.25, 0.3) is 10.9 Å². The fourth-order valence-corrected chi connectivity index (χ4v) is 3.55. The van der Waals surface area contributed by atoms with Crippen molar-refractivity contribution in [3.63, 3.8) is 0 Å². The number of hydrogen-bond donors (Lipinski definition) is 1. The average molecular weight is 407 g/mol. The second kappa shape index (κ2) is 7.24. The van der Waals surface area contributed by atoms with E-state index < -0.39 is 35.7 Å². The van der Waals surface area contributed by atoms with Gasteiger partial charge in [-0.2, -0.15) is 0 Å². The van der Waals surface area contributed by atoms with Crippen molar-refractivity contribution in [2.24, 2.45) is 0 Å². The number of nitrogens with one attached hydrogen (secondary N) is 1. The van der Waals surface area contributed by atoms with Gasteiger partial charge in [0, 0.05) is 22.8 Å². The quantitative estimate of drug-likeness (QED) is 0.496. The Labute approximate surface area is 164 Å². The summed E-state index contributed by atoms with van der Waals surface area (Å²) in [6.07, 6.45) is -1.72. The first-order valence-electron chi connectivity index (χ1n) is 9.20. The van der Waals surface area contributed by atoms with Crippen LogP contribution < -0.4 is 5.32 Å². The van der Waals surface area contributed by atoms with Crippen LogP contribution in [0.2, 0.25) is 0 Å². The van der Waals surface area contributed by atoms with E-state index >= 15 is 0 Å². The number of fused-ring (bicyclic) bond motifs is 1. The van der Waals surface area contributed by atoms with Crippen molar-refractivity contribution >= 4 is 16.6 Å². The molecule has 4 rings (SSSR count). The summed E-state index contributed by atoms with van der Waals surface area (Å²) in [4.78, 5) is 8.37. The Balaban J connectivity index is 1.70. The summed E-state index contributed by atoms with van der Waals surface area (Å²) in [7, 11) is 0. The van der Waals surface area contributed by atoms with Gasteiger partial charge in [-0.25, -0.2) is 22.0 Å². The second-order valence-electron chi connectivity index (χ2n) is 7.32. The number of anilines is 1. The lowest BCUT2D eigenvalue weighted by molar-refractivity contribution is 0.0999. The van der Waals surface area contributed by atoms with E-state index in [1.807, 2.05) is 0 Å². The van der Waals surface area contributed by atoms with Crippen LogP contribution in [0.5, 0.6) is 0 Å². The van der Waals surface area contributed by atoms with Crippen molar-refractivity contribution in [2.45, 2.75) is 44.1 Å². The predicted octanol–water partition coefficient (Wildman–Crippen LogP) is 6.18. The van der Waals surface area contributed by atoms with Gasteiger partial charge in [0.2, 0.25) is 6.43 Å². The third kappa shape index (κ3) is 3.41. The van der Waals surface area contributed by atoms with Crippen molar-refractivity contribution in [1.29, 1.82) is 0 Å². The first-order chi connectivity index (χ1) is 13.8. The van der Waals surface area contributed by atoms with Crippen molar-refractivity contribution in [2.75, 3.05) is 5.32 Å². The summed E-state index contributed by atoms with van der Waals surface area (Å²) in [5.74, 6) is -0.960. The molecule has 1 fully saturated rings. The van der Waals surface area contributed by atoms with E-state index in [9.17, 15) is 22.0 Å². The molecule has 0 aliphatic heterocycles. The molecule has 0 unspecified atom stereocenters. The smallest absolute Gasteiger partial charge is 0.266 e. The molecule has 0 radical (unpaired) electrons. The molecule has 1 aliphatic rings. The largest absolute Gasteiger partial charge is 0.378 e. The number of rotatable bonds is 6. The minimum atomic E-state index is -2.92. The highest BCUT2D eigenvalue weighted by Crippen LogP contribution is 2.52. The van der Waals surface area contributed by atoms with E-state index in [1.54, 1.807) is 19.1 Å². The summed E-state index contributed by atoms with van der Waals surface area (Å²) in [6, 6.07) is 6.45. The average Bonchev–Trinajstić information content (AvgIpc) is 3.50. The Hall–Kier alpha value is -2.77. The Morgan fingerprint density at radius 3 is 2.41 bits per heavy atom. The molecule has 0 saturated heterocycles. The first kappa shape index (κ1) is 19.5. The number of alkyl halides is 4. The highest BCUT2D eigenvalue weighted by molar-refractivity contribution is 5.91. The lowest BCUT2D eigenvalue weighted by Crippen LogP contribution is -2.19. The van der Waals surface area contributed by atoms with Gasteiger partial charge in [0.05, 0.1) is 34.4 Å². The standard InChI is InChI=1S/C21H18F5N3/c1-11(12-3-2-4-13(18(12)22)19(23)24)29-15-5-8-27-16-10-28-17(9-14(15)16)21(6-7-21)20(25)26/h2-5,8-11,19-20H,6-7H2,1H3,(H,27,29)/t11-/m1/s1. The zero-order valence-electron chi connectivity index (χ0n) is 15.5. The molecule has 2 heterocycles. The molecule has 29 heavy (non-hydrogen) atoms. The zero-order chi connectivity index (χ0) is 20.8. The summed E-state index contributed by atoms with van der Waals surface area (Å²) >= 11 is 0. The van der Waals surface area contributed by atoms with Gasteiger partial charge in [-0.15, -0.1) is 0 Å². The van der Waals surface area contributed by atoms with E-state index in [-0.39, 0.29) is 5.56 Å². The van der Waals surface area contributed by atoms with E-state index in [2.05, 4.69) is 15.3 Å². The second-order valence-corrected chi connectivity index (χ2v) is 7.32. The van der Waals surface area contributed by atoms with Crippen LogP contribution in [-0.2, 0) is 5.41 Å². The Morgan fingerprint density at radius 1 is 1.03 bits per heavy atom. The number of halogens is 5. The molecule has 152 valence electrons. The van der Waals surface area contributed by atoms with Gasteiger partial charge in [-0.3, -0.25) is 9.97 Å². The maximum Gasteiger partial charge on any atom is 0.266 e. The van der Waals surface area contributed by atoms with Crippen LogP contribution in [0.15, 0.2) is 42.7 Å². The van der Waals surface area contributed by atoms with Crippen molar-refractivity contribution in [3.8, 4) is 0 Å². The van der Waals surface area contributed by atoms with Gasteiger partial charge in [-0.1, -0.05) is 18.2 Å². The fourth-order valence-electron chi connectivity index (χ4n) is 3.55. The number of benzene rings is 1. The molecule has 1 aliphatic carbocycles. The van der Waals surface area contributed by atoms with Gasteiger partial charge in [0.15, 0.2) is 0 Å². The van der Waals surface area contributed by atoms with E-state index in [4.69, 9.17) is 0 Å². The number of nitrogens with zero attached hydrogens (tertiary/aromatic N) is 2. The lowest BCUT2D eigenvalue weighted by Gasteiger charge is -2.20. The normalized spacial score (nSPS) is 16.4.